The topological polar surface area (TPSA) is 46.6 Å². The minimum Gasteiger partial charge on any atom is -0.378 e. The molecule has 0 aromatic carbocycles. The molecular formula is C18H31NO3. The van der Waals surface area contributed by atoms with Crippen molar-refractivity contribution >= 4 is 11.7 Å². The normalized spacial score (nSPS) is 21.0. The molecular weight excluding hydrogens is 278 g/mol. The van der Waals surface area contributed by atoms with E-state index in [2.05, 4.69) is 0 Å². The molecule has 4 heteroatoms. The largest absolute Gasteiger partial charge is 0.378 e. The maximum atomic E-state index is 12.2. The van der Waals surface area contributed by atoms with Gasteiger partial charge in [0.25, 0.3) is 0 Å². The van der Waals surface area contributed by atoms with Crippen LogP contribution in [0.2, 0.25) is 0 Å². The highest BCUT2D eigenvalue weighted by Crippen LogP contribution is 2.21. The molecule has 0 aromatic rings. The van der Waals surface area contributed by atoms with Crippen molar-refractivity contribution in [3.63, 3.8) is 0 Å². The third-order valence-electron chi connectivity index (χ3n) is 5.09. The van der Waals surface area contributed by atoms with Crippen molar-refractivity contribution in [3.05, 3.63) is 0 Å². The monoisotopic (exact) mass is 309 g/mol. The lowest BCUT2D eigenvalue weighted by Crippen LogP contribution is -2.40. The summed E-state index contributed by atoms with van der Waals surface area (Å²) in [5.74, 6) is 0.770. The first-order valence-corrected chi connectivity index (χ1v) is 9.12. The van der Waals surface area contributed by atoms with Gasteiger partial charge in [0.05, 0.1) is 6.10 Å². The molecule has 22 heavy (non-hydrogen) atoms. The maximum Gasteiger partial charge on any atom is 0.222 e. The number of hydrogen-bond acceptors (Lipinski definition) is 3. The molecule has 1 amide bonds. The number of piperidine rings is 1. The minimum absolute atomic E-state index is 0.184. The quantitative estimate of drug-likeness (QED) is 0.678. The molecule has 2 aliphatic rings. The third kappa shape index (κ3) is 5.38. The molecule has 0 radical (unpaired) electrons. The number of carbonyl (C=O) groups excluding carboxylic acids is 2. The van der Waals surface area contributed by atoms with Gasteiger partial charge in [-0.1, -0.05) is 26.2 Å². The SMILES string of the molecule is CCC(=O)C1CCN(C(=O)CCCOC2CCCCC2)CC1. The van der Waals surface area contributed by atoms with Crippen LogP contribution in [0.5, 0.6) is 0 Å². The second kappa shape index (κ2) is 9.29. The van der Waals surface area contributed by atoms with Crippen LogP contribution in [0.1, 0.15) is 71.1 Å². The average molecular weight is 309 g/mol. The third-order valence-corrected chi connectivity index (χ3v) is 5.09. The molecule has 0 N–H and O–H groups in total. The lowest BCUT2D eigenvalue weighted by atomic mass is 9.91. The van der Waals surface area contributed by atoms with Crippen molar-refractivity contribution in [3.8, 4) is 0 Å². The second-order valence-corrected chi connectivity index (χ2v) is 6.71. The zero-order valence-corrected chi connectivity index (χ0v) is 14.0. The number of hydrogen-bond donors (Lipinski definition) is 0. The van der Waals surface area contributed by atoms with Crippen LogP contribution in [0.3, 0.4) is 0 Å². The zero-order valence-electron chi connectivity index (χ0n) is 14.0. The van der Waals surface area contributed by atoms with E-state index in [1.807, 2.05) is 11.8 Å². The Morgan fingerprint density at radius 1 is 1.05 bits per heavy atom. The van der Waals surface area contributed by atoms with E-state index in [0.717, 1.165) is 32.4 Å². The van der Waals surface area contributed by atoms with E-state index in [1.54, 1.807) is 0 Å². The molecule has 1 heterocycles. The Balaban J connectivity index is 1.57. The highest BCUT2D eigenvalue weighted by molar-refractivity contribution is 5.81. The highest BCUT2D eigenvalue weighted by Gasteiger charge is 2.25. The lowest BCUT2D eigenvalue weighted by Gasteiger charge is -2.31. The lowest BCUT2D eigenvalue weighted by molar-refractivity contribution is -0.135. The molecule has 1 aliphatic heterocycles. The first kappa shape index (κ1) is 17.5. The van der Waals surface area contributed by atoms with Gasteiger partial charge in [-0.25, -0.2) is 0 Å². The fraction of sp³-hybridized carbons (Fsp3) is 0.889. The summed E-state index contributed by atoms with van der Waals surface area (Å²) in [5.41, 5.74) is 0. The van der Waals surface area contributed by atoms with Gasteiger partial charge in [-0.15, -0.1) is 0 Å². The Morgan fingerprint density at radius 3 is 2.36 bits per heavy atom. The molecule has 2 rings (SSSR count). The van der Waals surface area contributed by atoms with Gasteiger partial charge in [-0.3, -0.25) is 9.59 Å². The summed E-state index contributed by atoms with van der Waals surface area (Å²) < 4.78 is 5.87. The summed E-state index contributed by atoms with van der Waals surface area (Å²) in [7, 11) is 0. The van der Waals surface area contributed by atoms with Crippen molar-refractivity contribution in [1.29, 1.82) is 0 Å². The maximum absolute atomic E-state index is 12.2. The Kier molecular flexibility index (Phi) is 7.37. The summed E-state index contributed by atoms with van der Waals surface area (Å²) in [6.07, 6.45) is 10.4. The number of ether oxygens (including phenoxy) is 1. The zero-order chi connectivity index (χ0) is 15.8. The Morgan fingerprint density at radius 2 is 1.73 bits per heavy atom. The van der Waals surface area contributed by atoms with E-state index in [1.165, 1.54) is 32.1 Å². The smallest absolute Gasteiger partial charge is 0.222 e. The number of rotatable bonds is 7. The number of ketones is 1. The predicted octanol–water partition coefficient (Wildman–Crippen LogP) is 3.33. The van der Waals surface area contributed by atoms with Crippen LogP contribution in [0.4, 0.5) is 0 Å². The van der Waals surface area contributed by atoms with Crippen molar-refractivity contribution in [1.82, 2.24) is 4.90 Å². The number of amides is 1. The Hall–Kier alpha value is -0.900. The van der Waals surface area contributed by atoms with Crippen LogP contribution in [-0.4, -0.2) is 42.4 Å². The van der Waals surface area contributed by atoms with Crippen LogP contribution >= 0.6 is 0 Å². The van der Waals surface area contributed by atoms with Gasteiger partial charge in [0, 0.05) is 38.5 Å². The van der Waals surface area contributed by atoms with Gasteiger partial charge >= 0.3 is 0 Å². The standard InChI is InChI=1S/C18H31NO3/c1-2-17(20)15-10-12-19(13-11-15)18(21)9-6-14-22-16-7-4-3-5-8-16/h15-16H,2-14H2,1H3. The van der Waals surface area contributed by atoms with Crippen molar-refractivity contribution in [2.45, 2.75) is 77.2 Å². The molecule has 4 nitrogen and oxygen atoms in total. The van der Waals surface area contributed by atoms with E-state index >= 15 is 0 Å². The number of nitrogens with zero attached hydrogens (tertiary/aromatic N) is 1. The summed E-state index contributed by atoms with van der Waals surface area (Å²) in [5, 5.41) is 0. The Bertz CT molecular complexity index is 355. The van der Waals surface area contributed by atoms with Crippen molar-refractivity contribution in [2.24, 2.45) is 5.92 Å². The number of carbonyl (C=O) groups is 2. The average Bonchev–Trinajstić information content (AvgIpc) is 2.59. The molecule has 126 valence electrons. The number of Topliss-reactive ketones (excluding diaryl/α,β-unsaturated/α-hetero) is 1. The first-order valence-electron chi connectivity index (χ1n) is 9.12. The first-order chi connectivity index (χ1) is 10.7. The van der Waals surface area contributed by atoms with Crippen LogP contribution < -0.4 is 0 Å². The fourth-order valence-corrected chi connectivity index (χ4v) is 3.60. The van der Waals surface area contributed by atoms with Gasteiger partial charge in [-0.05, 0) is 32.1 Å². The number of likely N-dealkylation sites (tertiary alicyclic amines) is 1. The van der Waals surface area contributed by atoms with Crippen LogP contribution in [0.15, 0.2) is 0 Å². The van der Waals surface area contributed by atoms with E-state index in [4.69, 9.17) is 4.74 Å². The predicted molar refractivity (Wildman–Crippen MR) is 86.7 cm³/mol. The van der Waals surface area contributed by atoms with E-state index in [0.29, 0.717) is 31.3 Å². The molecule has 1 saturated carbocycles. The van der Waals surface area contributed by atoms with Gasteiger partial charge < -0.3 is 9.64 Å². The minimum atomic E-state index is 0.184. The van der Waals surface area contributed by atoms with E-state index in [9.17, 15) is 9.59 Å². The molecule has 0 bridgehead atoms. The van der Waals surface area contributed by atoms with Gasteiger partial charge in [0.2, 0.25) is 5.91 Å². The second-order valence-electron chi connectivity index (χ2n) is 6.71. The summed E-state index contributed by atoms with van der Waals surface area (Å²) in [6.45, 7) is 4.13. The summed E-state index contributed by atoms with van der Waals surface area (Å²) >= 11 is 0. The molecule has 1 saturated heterocycles. The summed E-state index contributed by atoms with van der Waals surface area (Å²) in [6, 6.07) is 0. The van der Waals surface area contributed by atoms with Gasteiger partial charge in [0.15, 0.2) is 0 Å². The molecule has 2 fully saturated rings. The molecule has 0 spiro atoms. The van der Waals surface area contributed by atoms with Crippen LogP contribution in [0, 0.1) is 5.92 Å². The van der Waals surface area contributed by atoms with Crippen molar-refractivity contribution in [2.75, 3.05) is 19.7 Å². The van der Waals surface area contributed by atoms with Gasteiger partial charge in [-0.2, -0.15) is 0 Å². The molecule has 0 atom stereocenters. The van der Waals surface area contributed by atoms with Crippen LogP contribution in [-0.2, 0) is 14.3 Å². The van der Waals surface area contributed by atoms with Crippen LogP contribution in [0.25, 0.3) is 0 Å². The highest BCUT2D eigenvalue weighted by atomic mass is 16.5. The Labute approximate surface area is 134 Å². The van der Waals surface area contributed by atoms with Gasteiger partial charge in [0.1, 0.15) is 5.78 Å². The molecule has 0 aromatic heterocycles. The summed E-state index contributed by atoms with van der Waals surface area (Å²) in [4.78, 5) is 25.8. The molecule has 1 aliphatic carbocycles. The molecule has 0 unspecified atom stereocenters. The van der Waals surface area contributed by atoms with E-state index in [-0.39, 0.29) is 11.8 Å². The fourth-order valence-electron chi connectivity index (χ4n) is 3.60. The van der Waals surface area contributed by atoms with Crippen molar-refractivity contribution < 1.29 is 14.3 Å². The van der Waals surface area contributed by atoms with E-state index < -0.39 is 0 Å².